The number of rotatable bonds is 9. The monoisotopic (exact) mass is 464 g/mol. The lowest BCUT2D eigenvalue weighted by atomic mass is 10.1. The number of ketones is 1. The fourth-order valence-corrected chi connectivity index (χ4v) is 3.85. The average molecular weight is 465 g/mol. The first-order valence-electron chi connectivity index (χ1n) is 10.1. The molecule has 0 saturated carbocycles. The van der Waals surface area contributed by atoms with E-state index >= 15 is 0 Å². The minimum atomic E-state index is -1.01. The second-order valence-corrected chi connectivity index (χ2v) is 8.32. The molecule has 3 rings (SSSR count). The summed E-state index contributed by atoms with van der Waals surface area (Å²) >= 11 is 11.9. The molecule has 31 heavy (non-hydrogen) atoms. The molecule has 1 atom stereocenters. The number of Topliss-reactive ketones (excluding diaryl/α,β-unsaturated/α-hetero) is 1. The number of aryl methyl sites for hydroxylation is 1. The molecule has 0 aromatic heterocycles. The Kier molecular flexibility index (Phi) is 8.04. The fraction of sp³-hybridized carbons (Fsp3) is 0.348. The summed E-state index contributed by atoms with van der Waals surface area (Å²) in [6.07, 6.45) is 2.62. The van der Waals surface area contributed by atoms with Crippen LogP contribution in [0.15, 0.2) is 42.5 Å². The first kappa shape index (κ1) is 23.2. The highest BCUT2D eigenvalue weighted by Crippen LogP contribution is 2.23. The molecule has 1 fully saturated rings. The van der Waals surface area contributed by atoms with E-state index in [0.29, 0.717) is 22.2 Å². The topological polar surface area (TPSA) is 66.5 Å². The predicted molar refractivity (Wildman–Crippen MR) is 118 cm³/mol. The summed E-state index contributed by atoms with van der Waals surface area (Å²) in [5, 5.41) is 3.76. The third-order valence-electron chi connectivity index (χ3n) is 5.32. The molecule has 2 aromatic carbocycles. The summed E-state index contributed by atoms with van der Waals surface area (Å²) in [5.41, 5.74) is 1.53. The maximum atomic E-state index is 13.7. The molecule has 1 aliphatic rings. The quantitative estimate of drug-likeness (QED) is 0.348. The highest BCUT2D eigenvalue weighted by Gasteiger charge is 2.42. The Labute approximate surface area is 190 Å². The van der Waals surface area contributed by atoms with E-state index in [1.54, 1.807) is 24.3 Å². The van der Waals surface area contributed by atoms with Crippen molar-refractivity contribution in [3.8, 4) is 0 Å². The molecule has 8 heteroatoms. The van der Waals surface area contributed by atoms with Gasteiger partial charge in [0.2, 0.25) is 11.7 Å². The smallest absolute Gasteiger partial charge is 0.290 e. The number of carbonyl (C=O) groups is 3. The van der Waals surface area contributed by atoms with Crippen molar-refractivity contribution in [1.82, 2.24) is 10.2 Å². The van der Waals surface area contributed by atoms with Gasteiger partial charge in [-0.25, -0.2) is 4.39 Å². The Hall–Kier alpha value is -2.44. The first-order valence-corrected chi connectivity index (χ1v) is 10.9. The van der Waals surface area contributed by atoms with Crippen molar-refractivity contribution in [2.45, 2.75) is 25.7 Å². The van der Waals surface area contributed by atoms with Crippen LogP contribution in [0.1, 0.15) is 24.0 Å². The third kappa shape index (κ3) is 6.05. The molecule has 0 aliphatic carbocycles. The van der Waals surface area contributed by atoms with E-state index in [-0.39, 0.29) is 25.3 Å². The van der Waals surface area contributed by atoms with Gasteiger partial charge in [-0.1, -0.05) is 47.5 Å². The number of hydrogen-bond donors (Lipinski definition) is 1. The standard InChI is InChI=1S/C23H23Cl2FN2O3/c24-18-9-8-15(13-19(18)25)5-3-4-11-27-22(30)17-14-28(23(31)21(17)29)12-10-16-6-1-2-7-20(16)26/h1-2,6-9,13,17H,3-5,10-12,14H2,(H,27,30). The molecular weight excluding hydrogens is 442 g/mol. The number of halogens is 3. The second kappa shape index (κ2) is 10.7. The number of hydrogen-bond acceptors (Lipinski definition) is 3. The summed E-state index contributed by atoms with van der Waals surface area (Å²) in [6.45, 7) is 0.632. The Balaban J connectivity index is 1.41. The van der Waals surface area contributed by atoms with Crippen LogP contribution < -0.4 is 5.32 Å². The number of nitrogens with zero attached hydrogens (tertiary/aromatic N) is 1. The minimum absolute atomic E-state index is 0.0290. The average Bonchev–Trinajstić information content (AvgIpc) is 3.04. The van der Waals surface area contributed by atoms with Crippen LogP contribution in [0, 0.1) is 11.7 Å². The maximum Gasteiger partial charge on any atom is 0.290 e. The first-order chi connectivity index (χ1) is 14.9. The van der Waals surface area contributed by atoms with Crippen molar-refractivity contribution in [3.05, 3.63) is 69.5 Å². The number of benzene rings is 2. The van der Waals surface area contributed by atoms with Gasteiger partial charge in [0.1, 0.15) is 11.7 Å². The van der Waals surface area contributed by atoms with Crippen molar-refractivity contribution < 1.29 is 18.8 Å². The number of likely N-dealkylation sites (tertiary alicyclic amines) is 1. The number of unbranched alkanes of at least 4 members (excludes halogenated alkanes) is 1. The summed E-state index contributed by atoms with van der Waals surface area (Å²) in [4.78, 5) is 38.1. The second-order valence-electron chi connectivity index (χ2n) is 7.51. The molecule has 164 valence electrons. The zero-order valence-corrected chi connectivity index (χ0v) is 18.4. The van der Waals surface area contributed by atoms with Gasteiger partial charge in [0.25, 0.3) is 5.91 Å². The van der Waals surface area contributed by atoms with Gasteiger partial charge in [-0.3, -0.25) is 14.4 Å². The van der Waals surface area contributed by atoms with Gasteiger partial charge in [0.15, 0.2) is 0 Å². The number of amides is 2. The van der Waals surface area contributed by atoms with E-state index in [4.69, 9.17) is 23.2 Å². The minimum Gasteiger partial charge on any atom is -0.355 e. The molecule has 1 N–H and O–H groups in total. The normalized spacial score (nSPS) is 16.1. The largest absolute Gasteiger partial charge is 0.355 e. The van der Waals surface area contributed by atoms with Crippen LogP contribution in [0.3, 0.4) is 0 Å². The molecule has 1 aliphatic heterocycles. The Morgan fingerprint density at radius 2 is 1.84 bits per heavy atom. The molecule has 5 nitrogen and oxygen atoms in total. The molecule has 1 unspecified atom stereocenters. The predicted octanol–water partition coefficient (Wildman–Crippen LogP) is 3.84. The van der Waals surface area contributed by atoms with Gasteiger partial charge in [-0.05, 0) is 55.0 Å². The van der Waals surface area contributed by atoms with Crippen LogP contribution >= 0.6 is 23.2 Å². The van der Waals surface area contributed by atoms with Gasteiger partial charge in [-0.15, -0.1) is 0 Å². The van der Waals surface area contributed by atoms with Crippen LogP contribution in [0.4, 0.5) is 4.39 Å². The SMILES string of the molecule is O=C(NCCCCc1ccc(Cl)c(Cl)c1)C1CN(CCc2ccccc2F)C(=O)C1=O. The lowest BCUT2D eigenvalue weighted by Gasteiger charge is -2.15. The zero-order valence-electron chi connectivity index (χ0n) is 16.9. The fourth-order valence-electron chi connectivity index (χ4n) is 3.53. The van der Waals surface area contributed by atoms with Gasteiger partial charge in [0, 0.05) is 19.6 Å². The Morgan fingerprint density at radius 1 is 1.06 bits per heavy atom. The molecule has 1 heterocycles. The van der Waals surface area contributed by atoms with Crippen molar-refractivity contribution in [3.63, 3.8) is 0 Å². The van der Waals surface area contributed by atoms with Crippen molar-refractivity contribution in [2.24, 2.45) is 5.92 Å². The van der Waals surface area contributed by atoms with Gasteiger partial charge >= 0.3 is 0 Å². The zero-order chi connectivity index (χ0) is 22.4. The van der Waals surface area contributed by atoms with Crippen molar-refractivity contribution >= 4 is 40.8 Å². The van der Waals surface area contributed by atoms with E-state index in [9.17, 15) is 18.8 Å². The molecule has 2 aromatic rings. The van der Waals surface area contributed by atoms with Crippen molar-refractivity contribution in [2.75, 3.05) is 19.6 Å². The Morgan fingerprint density at radius 3 is 2.58 bits per heavy atom. The maximum absolute atomic E-state index is 13.7. The number of nitrogens with one attached hydrogen (secondary N) is 1. The van der Waals surface area contributed by atoms with Crippen LogP contribution in [0.5, 0.6) is 0 Å². The summed E-state index contributed by atoms with van der Waals surface area (Å²) in [7, 11) is 0. The summed E-state index contributed by atoms with van der Waals surface area (Å²) < 4.78 is 13.7. The Bertz CT molecular complexity index is 983. The highest BCUT2D eigenvalue weighted by atomic mass is 35.5. The lowest BCUT2D eigenvalue weighted by Crippen LogP contribution is -2.36. The van der Waals surface area contributed by atoms with E-state index < -0.39 is 23.5 Å². The van der Waals surface area contributed by atoms with E-state index in [0.717, 1.165) is 24.8 Å². The van der Waals surface area contributed by atoms with Crippen LogP contribution in [0.25, 0.3) is 0 Å². The summed E-state index contributed by atoms with van der Waals surface area (Å²) in [6, 6.07) is 11.8. The van der Waals surface area contributed by atoms with Gasteiger partial charge in [0.05, 0.1) is 10.0 Å². The van der Waals surface area contributed by atoms with E-state index in [1.165, 1.54) is 11.0 Å². The van der Waals surface area contributed by atoms with Gasteiger partial charge < -0.3 is 10.2 Å². The van der Waals surface area contributed by atoms with Crippen molar-refractivity contribution in [1.29, 1.82) is 0 Å². The third-order valence-corrected chi connectivity index (χ3v) is 6.06. The molecule has 2 amide bonds. The molecular formula is C23H23Cl2FN2O3. The van der Waals surface area contributed by atoms with E-state index in [2.05, 4.69) is 5.32 Å². The number of carbonyl (C=O) groups excluding carboxylic acids is 3. The highest BCUT2D eigenvalue weighted by molar-refractivity contribution is 6.42. The molecule has 0 radical (unpaired) electrons. The molecule has 1 saturated heterocycles. The van der Waals surface area contributed by atoms with E-state index in [1.807, 2.05) is 12.1 Å². The molecule has 0 bridgehead atoms. The molecule has 0 spiro atoms. The van der Waals surface area contributed by atoms with Crippen LogP contribution in [0.2, 0.25) is 10.0 Å². The van der Waals surface area contributed by atoms with Crippen LogP contribution in [-0.4, -0.2) is 42.1 Å². The van der Waals surface area contributed by atoms with Crippen LogP contribution in [-0.2, 0) is 27.2 Å². The summed E-state index contributed by atoms with van der Waals surface area (Å²) in [5.74, 6) is -3.20. The van der Waals surface area contributed by atoms with Gasteiger partial charge in [-0.2, -0.15) is 0 Å². The lowest BCUT2D eigenvalue weighted by molar-refractivity contribution is -0.142.